The van der Waals surface area contributed by atoms with Crippen molar-refractivity contribution in [1.29, 1.82) is 0 Å². The van der Waals surface area contributed by atoms with Crippen molar-refractivity contribution in [3.05, 3.63) is 55.1 Å². The van der Waals surface area contributed by atoms with Crippen LogP contribution in [-0.4, -0.2) is 11.1 Å². The van der Waals surface area contributed by atoms with Crippen LogP contribution in [0.2, 0.25) is 4.34 Å². The maximum atomic E-state index is 10.9. The number of halogens is 2. The minimum absolute atomic E-state index is 0.193. The molecule has 106 valence electrons. The van der Waals surface area contributed by atoms with Crippen LogP contribution in [0.5, 0.6) is 0 Å². The SMILES string of the molecule is CC(NCc1ccc(C(=O)O)cc1Br)c1ccc(Cl)s1. The van der Waals surface area contributed by atoms with Gasteiger partial charge in [-0.15, -0.1) is 11.3 Å². The van der Waals surface area contributed by atoms with Crippen molar-refractivity contribution in [2.45, 2.75) is 19.5 Å². The van der Waals surface area contributed by atoms with Crippen LogP contribution in [0.3, 0.4) is 0 Å². The van der Waals surface area contributed by atoms with Gasteiger partial charge >= 0.3 is 5.97 Å². The summed E-state index contributed by atoms with van der Waals surface area (Å²) in [4.78, 5) is 12.0. The molecule has 0 bridgehead atoms. The first kappa shape index (κ1) is 15.5. The standard InChI is InChI=1S/C14H13BrClNO2S/c1-8(12-4-5-13(16)20-12)17-7-10-3-2-9(14(18)19)6-11(10)15/h2-6,8,17H,7H2,1H3,(H,18,19). The Labute approximate surface area is 134 Å². The molecule has 0 amide bonds. The average Bonchev–Trinajstić information content (AvgIpc) is 2.83. The Kier molecular flexibility index (Phi) is 5.21. The van der Waals surface area contributed by atoms with Crippen LogP contribution in [-0.2, 0) is 6.54 Å². The van der Waals surface area contributed by atoms with Gasteiger partial charge in [0.15, 0.2) is 0 Å². The van der Waals surface area contributed by atoms with Gasteiger partial charge in [0.25, 0.3) is 0 Å². The van der Waals surface area contributed by atoms with Gasteiger partial charge in [-0.2, -0.15) is 0 Å². The molecule has 0 spiro atoms. The van der Waals surface area contributed by atoms with Crippen LogP contribution in [0, 0.1) is 0 Å². The fourth-order valence-corrected chi connectivity index (χ4v) is 3.36. The summed E-state index contributed by atoms with van der Waals surface area (Å²) >= 11 is 10.9. The van der Waals surface area contributed by atoms with Gasteiger partial charge in [0, 0.05) is 21.9 Å². The van der Waals surface area contributed by atoms with Crippen LogP contribution in [0.15, 0.2) is 34.8 Å². The number of hydrogen-bond acceptors (Lipinski definition) is 3. The van der Waals surface area contributed by atoms with E-state index in [1.807, 2.05) is 18.2 Å². The van der Waals surface area contributed by atoms with Gasteiger partial charge in [-0.25, -0.2) is 4.79 Å². The van der Waals surface area contributed by atoms with Crippen LogP contribution in [0.4, 0.5) is 0 Å². The molecule has 1 unspecified atom stereocenters. The summed E-state index contributed by atoms with van der Waals surface area (Å²) in [6.07, 6.45) is 0. The third kappa shape index (κ3) is 3.82. The number of hydrogen-bond donors (Lipinski definition) is 2. The highest BCUT2D eigenvalue weighted by molar-refractivity contribution is 9.10. The molecule has 1 heterocycles. The van der Waals surface area contributed by atoms with Crippen molar-refractivity contribution >= 4 is 44.8 Å². The van der Waals surface area contributed by atoms with E-state index in [2.05, 4.69) is 28.2 Å². The molecule has 0 saturated carbocycles. The highest BCUT2D eigenvalue weighted by atomic mass is 79.9. The lowest BCUT2D eigenvalue weighted by Gasteiger charge is -2.13. The lowest BCUT2D eigenvalue weighted by Crippen LogP contribution is -2.17. The van der Waals surface area contributed by atoms with E-state index in [9.17, 15) is 4.79 Å². The fraction of sp³-hybridized carbons (Fsp3) is 0.214. The second-order valence-electron chi connectivity index (χ2n) is 4.36. The number of rotatable bonds is 5. The highest BCUT2D eigenvalue weighted by Crippen LogP contribution is 2.27. The van der Waals surface area contributed by atoms with Crippen LogP contribution < -0.4 is 5.32 Å². The molecule has 3 nitrogen and oxygen atoms in total. The molecule has 6 heteroatoms. The van der Waals surface area contributed by atoms with E-state index in [-0.39, 0.29) is 11.6 Å². The number of carboxylic acid groups (broad SMARTS) is 1. The fourth-order valence-electron chi connectivity index (χ4n) is 1.75. The predicted octanol–water partition coefficient (Wildman–Crippen LogP) is 4.71. The molecule has 2 aromatic rings. The Balaban J connectivity index is 2.02. The second-order valence-corrected chi connectivity index (χ2v) is 6.96. The first-order chi connectivity index (χ1) is 9.47. The molecule has 20 heavy (non-hydrogen) atoms. The first-order valence-electron chi connectivity index (χ1n) is 5.97. The zero-order valence-electron chi connectivity index (χ0n) is 10.7. The summed E-state index contributed by atoms with van der Waals surface area (Å²) in [5, 5.41) is 12.3. The van der Waals surface area contributed by atoms with E-state index < -0.39 is 5.97 Å². The van der Waals surface area contributed by atoms with E-state index in [0.29, 0.717) is 6.54 Å². The first-order valence-corrected chi connectivity index (χ1v) is 7.96. The Morgan fingerprint density at radius 3 is 2.75 bits per heavy atom. The molecule has 0 fully saturated rings. The van der Waals surface area contributed by atoms with Crippen molar-refractivity contribution < 1.29 is 9.90 Å². The molecular weight excluding hydrogens is 362 g/mol. The minimum Gasteiger partial charge on any atom is -0.478 e. The van der Waals surface area contributed by atoms with Gasteiger partial charge in [0.1, 0.15) is 0 Å². The second kappa shape index (κ2) is 6.72. The van der Waals surface area contributed by atoms with Crippen molar-refractivity contribution in [3.8, 4) is 0 Å². The maximum absolute atomic E-state index is 10.9. The van der Waals surface area contributed by atoms with Gasteiger partial charge in [0.05, 0.1) is 9.90 Å². The minimum atomic E-state index is -0.924. The largest absolute Gasteiger partial charge is 0.478 e. The van der Waals surface area contributed by atoms with E-state index >= 15 is 0 Å². The van der Waals surface area contributed by atoms with Gasteiger partial charge in [0.2, 0.25) is 0 Å². The third-order valence-electron chi connectivity index (χ3n) is 2.92. The Bertz CT molecular complexity index is 629. The van der Waals surface area contributed by atoms with Gasteiger partial charge in [-0.05, 0) is 36.8 Å². The van der Waals surface area contributed by atoms with E-state index in [0.717, 1.165) is 14.4 Å². The molecule has 0 radical (unpaired) electrons. The zero-order chi connectivity index (χ0) is 14.7. The number of thiophene rings is 1. The summed E-state index contributed by atoms with van der Waals surface area (Å²) in [6, 6.07) is 9.13. The molecule has 0 aliphatic rings. The molecule has 0 aliphatic heterocycles. The summed E-state index contributed by atoms with van der Waals surface area (Å²) in [7, 11) is 0. The normalized spacial score (nSPS) is 12.3. The van der Waals surface area contributed by atoms with E-state index in [1.54, 1.807) is 23.5 Å². The Hall–Kier alpha value is -0.880. The molecule has 0 aliphatic carbocycles. The average molecular weight is 375 g/mol. The lowest BCUT2D eigenvalue weighted by molar-refractivity contribution is 0.0697. The summed E-state index contributed by atoms with van der Waals surface area (Å²) in [5.74, 6) is -0.924. The smallest absolute Gasteiger partial charge is 0.335 e. The summed E-state index contributed by atoms with van der Waals surface area (Å²) in [6.45, 7) is 2.72. The Morgan fingerprint density at radius 1 is 1.45 bits per heavy atom. The molecular formula is C14H13BrClNO2S. The van der Waals surface area contributed by atoms with Crippen LogP contribution in [0.1, 0.15) is 33.8 Å². The van der Waals surface area contributed by atoms with Gasteiger partial charge in [-0.1, -0.05) is 33.6 Å². The topological polar surface area (TPSA) is 49.3 Å². The number of carbonyl (C=O) groups is 1. The molecule has 2 N–H and O–H groups in total. The van der Waals surface area contributed by atoms with Crippen molar-refractivity contribution in [2.75, 3.05) is 0 Å². The maximum Gasteiger partial charge on any atom is 0.335 e. The monoisotopic (exact) mass is 373 g/mol. The quantitative estimate of drug-likeness (QED) is 0.796. The van der Waals surface area contributed by atoms with E-state index in [4.69, 9.17) is 16.7 Å². The van der Waals surface area contributed by atoms with Gasteiger partial charge < -0.3 is 10.4 Å². The third-order valence-corrected chi connectivity index (χ3v) is 5.07. The van der Waals surface area contributed by atoms with E-state index in [1.165, 1.54) is 4.88 Å². The van der Waals surface area contributed by atoms with Crippen LogP contribution in [0.25, 0.3) is 0 Å². The number of benzene rings is 1. The van der Waals surface area contributed by atoms with Gasteiger partial charge in [-0.3, -0.25) is 0 Å². The highest BCUT2D eigenvalue weighted by Gasteiger charge is 2.10. The summed E-state index contributed by atoms with van der Waals surface area (Å²) in [5.41, 5.74) is 1.29. The van der Waals surface area contributed by atoms with Crippen molar-refractivity contribution in [1.82, 2.24) is 5.32 Å². The van der Waals surface area contributed by atoms with Crippen molar-refractivity contribution in [2.24, 2.45) is 0 Å². The zero-order valence-corrected chi connectivity index (χ0v) is 13.8. The number of carboxylic acids is 1. The molecule has 0 saturated heterocycles. The molecule has 1 aromatic heterocycles. The predicted molar refractivity (Wildman–Crippen MR) is 85.7 cm³/mol. The number of aromatic carboxylic acids is 1. The van der Waals surface area contributed by atoms with Crippen LogP contribution >= 0.6 is 38.9 Å². The molecule has 1 atom stereocenters. The molecule has 1 aromatic carbocycles. The Morgan fingerprint density at radius 2 is 2.20 bits per heavy atom. The summed E-state index contributed by atoms with van der Waals surface area (Å²) < 4.78 is 1.57. The lowest BCUT2D eigenvalue weighted by atomic mass is 10.1. The number of nitrogens with one attached hydrogen (secondary N) is 1. The van der Waals surface area contributed by atoms with Crippen molar-refractivity contribution in [3.63, 3.8) is 0 Å². The molecule has 2 rings (SSSR count).